The van der Waals surface area contributed by atoms with Crippen LogP contribution in [-0.4, -0.2) is 22.9 Å². The Morgan fingerprint density at radius 3 is 1.67 bits per heavy atom. The molecule has 0 saturated carbocycles. The summed E-state index contributed by atoms with van der Waals surface area (Å²) in [5.41, 5.74) is 1.94. The van der Waals surface area contributed by atoms with Crippen LogP contribution in [0, 0.1) is 22.7 Å². The zero-order valence-electron chi connectivity index (χ0n) is 6.95. The zero-order valence-corrected chi connectivity index (χ0v) is 11.8. The van der Waals surface area contributed by atoms with Gasteiger partial charge in [-0.3, -0.25) is 0 Å². The van der Waals surface area contributed by atoms with Gasteiger partial charge < -0.3 is 0 Å². The fraction of sp³-hybridized carbons (Fsp3) is 0. The Morgan fingerprint density at radius 2 is 1.33 bits per heavy atom. The minimum absolute atomic E-state index is 0.186. The number of benzene rings is 1. The first-order valence-electron chi connectivity index (χ1n) is 3.64. The predicted octanol–water partition coefficient (Wildman–Crippen LogP) is 1.96. The molecule has 0 amide bonds. The van der Waals surface area contributed by atoms with Crippen molar-refractivity contribution >= 4 is 57.9 Å². The van der Waals surface area contributed by atoms with Crippen molar-refractivity contribution in [2.75, 3.05) is 0 Å². The summed E-state index contributed by atoms with van der Waals surface area (Å²) in [5.74, 6) is 0. The molecule has 1 heterocycles. The van der Waals surface area contributed by atoms with Crippen LogP contribution in [-0.2, 0) is 0 Å². The number of hydrogen-bond donors (Lipinski definition) is 0. The van der Waals surface area contributed by atoms with Gasteiger partial charge in [0.1, 0.15) is 0 Å². The van der Waals surface area contributed by atoms with Crippen LogP contribution in [0.1, 0.15) is 11.1 Å². The zero-order chi connectivity index (χ0) is 11.0. The Hall–Kier alpha value is -0.721. The maximum absolute atomic E-state index is 8.97. The molecule has 0 N–H and O–H groups in total. The van der Waals surface area contributed by atoms with Gasteiger partial charge in [0.15, 0.2) is 0 Å². The number of nitriles is 2. The average molecular weight is 391 g/mol. The van der Waals surface area contributed by atoms with Crippen molar-refractivity contribution in [3.05, 3.63) is 20.1 Å². The Balaban J connectivity index is 3.07. The average Bonchev–Trinajstić information content (AvgIpc) is 2.72. The molecule has 0 aliphatic carbocycles. The molecule has 1 aromatic heterocycles. The van der Waals surface area contributed by atoms with Gasteiger partial charge in [-0.05, 0) is 0 Å². The van der Waals surface area contributed by atoms with Gasteiger partial charge in [-0.25, -0.2) is 0 Å². The van der Waals surface area contributed by atoms with E-state index in [1.807, 2.05) is 12.1 Å². The molecule has 0 unspecified atom stereocenters. The molecule has 4 nitrogen and oxygen atoms in total. The van der Waals surface area contributed by atoms with Gasteiger partial charge >= 0.3 is 109 Å². The fourth-order valence-electron chi connectivity index (χ4n) is 1.14. The first-order valence-corrected chi connectivity index (χ1v) is 6.76. The third-order valence-electron chi connectivity index (χ3n) is 1.82. The van der Waals surface area contributed by atoms with E-state index in [0.29, 0.717) is 31.1 Å². The van der Waals surface area contributed by atoms with Gasteiger partial charge in [-0.15, -0.1) is 0 Å². The number of nitrogens with zero attached hydrogens (tertiary/aromatic N) is 4. The molecule has 2 aromatic rings. The first-order chi connectivity index (χ1) is 7.20. The summed E-state index contributed by atoms with van der Waals surface area (Å²) in [5, 5.41) is 17.9. The molecule has 0 aliphatic rings. The van der Waals surface area contributed by atoms with Gasteiger partial charge in [-0.2, -0.15) is 0 Å². The van der Waals surface area contributed by atoms with E-state index in [1.54, 1.807) is 0 Å². The van der Waals surface area contributed by atoms with Gasteiger partial charge in [0.2, 0.25) is 0 Å². The number of hydrogen-bond acceptors (Lipinski definition) is 4. The molecule has 0 fully saturated rings. The molecule has 2 rings (SSSR count). The minimum atomic E-state index is -0.186. The maximum atomic E-state index is 8.97. The van der Waals surface area contributed by atoms with E-state index in [1.165, 1.54) is 0 Å². The Bertz CT molecular complexity index is 581. The topological polar surface area (TPSA) is 73.4 Å². The second-order valence-electron chi connectivity index (χ2n) is 2.56. The van der Waals surface area contributed by atoms with E-state index >= 15 is 0 Å². The molecule has 0 radical (unpaired) electrons. The van der Waals surface area contributed by atoms with Crippen molar-refractivity contribution in [3.63, 3.8) is 0 Å². The molecule has 0 saturated heterocycles. The Labute approximate surface area is 108 Å². The van der Waals surface area contributed by atoms with Gasteiger partial charge in [0, 0.05) is 0 Å². The van der Waals surface area contributed by atoms with Crippen molar-refractivity contribution in [2.45, 2.75) is 0 Å². The predicted molar refractivity (Wildman–Crippen MR) is 61.3 cm³/mol. The second kappa shape index (κ2) is 4.03. The standard InChI is InChI=1S/C8Br2N4Se/c9-5-3(1-11)4(2-12)6(10)8-7(5)13-15-14-8. The molecule has 1 aromatic carbocycles. The van der Waals surface area contributed by atoms with E-state index < -0.39 is 0 Å². The summed E-state index contributed by atoms with van der Waals surface area (Å²) < 4.78 is 9.52. The molecule has 7 heteroatoms. The van der Waals surface area contributed by atoms with Crippen LogP contribution < -0.4 is 0 Å². The van der Waals surface area contributed by atoms with Crippen LogP contribution >= 0.6 is 31.9 Å². The van der Waals surface area contributed by atoms with Crippen LogP contribution in [0.25, 0.3) is 11.0 Å². The summed E-state index contributed by atoms with van der Waals surface area (Å²) in [7, 11) is 0. The fourth-order valence-corrected chi connectivity index (χ4v) is 3.97. The van der Waals surface area contributed by atoms with Crippen molar-refractivity contribution < 1.29 is 0 Å². The van der Waals surface area contributed by atoms with Crippen molar-refractivity contribution in [3.8, 4) is 12.1 Å². The monoisotopic (exact) mass is 390 g/mol. The second-order valence-corrected chi connectivity index (χ2v) is 5.26. The van der Waals surface area contributed by atoms with E-state index in [4.69, 9.17) is 10.5 Å². The van der Waals surface area contributed by atoms with Gasteiger partial charge in [-0.1, -0.05) is 0 Å². The summed E-state index contributed by atoms with van der Waals surface area (Å²) in [6, 6.07) is 3.98. The van der Waals surface area contributed by atoms with E-state index in [9.17, 15) is 0 Å². The molecule has 72 valence electrons. The van der Waals surface area contributed by atoms with Gasteiger partial charge in [0.25, 0.3) is 0 Å². The van der Waals surface area contributed by atoms with E-state index in [0.717, 1.165) is 0 Å². The van der Waals surface area contributed by atoms with Crippen molar-refractivity contribution in [1.82, 2.24) is 7.96 Å². The molecule has 15 heavy (non-hydrogen) atoms. The normalized spacial score (nSPS) is 9.87. The molecule has 0 spiro atoms. The summed E-state index contributed by atoms with van der Waals surface area (Å²) in [4.78, 5) is 0. The van der Waals surface area contributed by atoms with Gasteiger partial charge in [0.05, 0.1) is 0 Å². The van der Waals surface area contributed by atoms with Crippen LogP contribution in [0.15, 0.2) is 8.95 Å². The number of rotatable bonds is 0. The van der Waals surface area contributed by atoms with E-state index in [2.05, 4.69) is 39.8 Å². The van der Waals surface area contributed by atoms with Crippen LogP contribution in [0.3, 0.4) is 0 Å². The van der Waals surface area contributed by atoms with Crippen LogP contribution in [0.2, 0.25) is 0 Å². The summed E-state index contributed by atoms with van der Waals surface area (Å²) in [6.07, 6.45) is 0. The molecule has 0 atom stereocenters. The van der Waals surface area contributed by atoms with E-state index in [-0.39, 0.29) is 15.0 Å². The Kier molecular flexibility index (Phi) is 2.90. The number of halogens is 2. The first kappa shape index (κ1) is 10.8. The molecular weight excluding hydrogens is 391 g/mol. The Morgan fingerprint density at radius 1 is 0.933 bits per heavy atom. The third-order valence-corrected chi connectivity index (χ3v) is 4.47. The quantitative estimate of drug-likeness (QED) is 0.644. The molecular formula is C8Br2N4Se. The number of fused-ring (bicyclic) bond motifs is 1. The van der Waals surface area contributed by atoms with Crippen LogP contribution in [0.5, 0.6) is 0 Å². The summed E-state index contributed by atoms with van der Waals surface area (Å²) in [6.45, 7) is 0. The van der Waals surface area contributed by atoms with Crippen molar-refractivity contribution in [1.29, 1.82) is 10.5 Å². The molecule has 0 bridgehead atoms. The van der Waals surface area contributed by atoms with Crippen LogP contribution in [0.4, 0.5) is 0 Å². The molecule has 0 aliphatic heterocycles. The SMILES string of the molecule is N#Cc1c(C#N)c(Br)c2n[se]nc2c1Br. The summed E-state index contributed by atoms with van der Waals surface area (Å²) >= 11 is 6.37. The van der Waals surface area contributed by atoms with Crippen molar-refractivity contribution in [2.24, 2.45) is 0 Å². The third kappa shape index (κ3) is 1.53. The number of aromatic nitrogens is 2.